The molecule has 0 radical (unpaired) electrons. The van der Waals surface area contributed by atoms with Crippen LogP contribution >= 0.6 is 21.6 Å². The second-order valence-electron chi connectivity index (χ2n) is 1.64. The van der Waals surface area contributed by atoms with Crippen molar-refractivity contribution in [1.29, 1.82) is 0 Å². The van der Waals surface area contributed by atoms with E-state index in [2.05, 4.69) is 13.8 Å². The summed E-state index contributed by atoms with van der Waals surface area (Å²) in [5.74, 6) is 2.62. The Morgan fingerprint density at radius 2 is 1.33 bits per heavy atom. The monoisotopic (exact) mass is 174 g/mol. The van der Waals surface area contributed by atoms with Crippen LogP contribution in [0.25, 0.3) is 0 Å². The molecule has 0 nitrogen and oxygen atoms in total. The SMILES string of the molecule is CCCSSCCC.[H-].[Na+]. The van der Waals surface area contributed by atoms with Crippen LogP contribution in [0.1, 0.15) is 28.1 Å². The summed E-state index contributed by atoms with van der Waals surface area (Å²) < 4.78 is 0. The van der Waals surface area contributed by atoms with Crippen molar-refractivity contribution in [3.05, 3.63) is 0 Å². The van der Waals surface area contributed by atoms with Gasteiger partial charge in [-0.25, -0.2) is 0 Å². The van der Waals surface area contributed by atoms with Crippen LogP contribution in [0.15, 0.2) is 0 Å². The van der Waals surface area contributed by atoms with Gasteiger partial charge in [-0.2, -0.15) is 0 Å². The van der Waals surface area contributed by atoms with Crippen LogP contribution in [0.3, 0.4) is 0 Å². The van der Waals surface area contributed by atoms with Gasteiger partial charge in [-0.3, -0.25) is 0 Å². The normalized spacial score (nSPS) is 8.67. The average molecular weight is 174 g/mol. The summed E-state index contributed by atoms with van der Waals surface area (Å²) in [4.78, 5) is 0. The zero-order valence-electron chi connectivity index (χ0n) is 7.64. The van der Waals surface area contributed by atoms with E-state index < -0.39 is 0 Å². The maximum atomic E-state index is 2.22. The van der Waals surface area contributed by atoms with E-state index in [1.54, 1.807) is 0 Å². The first-order valence-electron chi connectivity index (χ1n) is 3.16. The van der Waals surface area contributed by atoms with Crippen molar-refractivity contribution in [2.75, 3.05) is 11.5 Å². The van der Waals surface area contributed by atoms with Crippen molar-refractivity contribution < 1.29 is 31.0 Å². The fourth-order valence-electron chi connectivity index (χ4n) is 0.285. The Morgan fingerprint density at radius 3 is 1.56 bits per heavy atom. The third kappa shape index (κ3) is 12.8. The molecule has 3 heteroatoms. The molecule has 0 aromatic carbocycles. The fraction of sp³-hybridized carbons (Fsp3) is 1.00. The van der Waals surface area contributed by atoms with Crippen LogP contribution in [0, 0.1) is 0 Å². The molecule has 0 spiro atoms. The largest absolute Gasteiger partial charge is 1.00 e. The van der Waals surface area contributed by atoms with Crippen molar-refractivity contribution in [3.8, 4) is 0 Å². The molecule has 0 saturated carbocycles. The van der Waals surface area contributed by atoms with Gasteiger partial charge in [0, 0.05) is 11.5 Å². The Hall–Kier alpha value is 1.70. The van der Waals surface area contributed by atoms with Gasteiger partial charge >= 0.3 is 29.6 Å². The standard InChI is InChI=1S/C6H14S2.Na.H/c1-3-5-7-8-6-4-2;;/h3-6H2,1-2H3;;/q;+1;-1. The first kappa shape index (κ1) is 13.3. The Morgan fingerprint density at radius 1 is 1.00 bits per heavy atom. The van der Waals surface area contributed by atoms with Gasteiger partial charge in [0.05, 0.1) is 0 Å². The van der Waals surface area contributed by atoms with E-state index in [0.29, 0.717) is 0 Å². The molecule has 9 heavy (non-hydrogen) atoms. The molecule has 0 unspecified atom stereocenters. The molecular formula is C6H15NaS2. The molecule has 0 aliphatic heterocycles. The second kappa shape index (κ2) is 12.4. The van der Waals surface area contributed by atoms with Crippen LogP contribution < -0.4 is 29.6 Å². The minimum Gasteiger partial charge on any atom is -1.00 e. The van der Waals surface area contributed by atoms with E-state index in [9.17, 15) is 0 Å². The molecule has 0 atom stereocenters. The number of rotatable bonds is 5. The van der Waals surface area contributed by atoms with Crippen LogP contribution in [0.4, 0.5) is 0 Å². The van der Waals surface area contributed by atoms with Crippen molar-refractivity contribution in [2.24, 2.45) is 0 Å². The molecule has 0 amide bonds. The fourth-order valence-corrected chi connectivity index (χ4v) is 2.56. The summed E-state index contributed by atoms with van der Waals surface area (Å²) in [5.41, 5.74) is 0. The molecule has 0 bridgehead atoms. The van der Waals surface area contributed by atoms with Crippen molar-refractivity contribution in [2.45, 2.75) is 26.7 Å². The maximum absolute atomic E-state index is 2.22. The molecule has 0 aromatic rings. The van der Waals surface area contributed by atoms with E-state index in [0.717, 1.165) is 0 Å². The van der Waals surface area contributed by atoms with Crippen molar-refractivity contribution in [1.82, 2.24) is 0 Å². The predicted octanol–water partition coefficient (Wildman–Crippen LogP) is 0.304. The van der Waals surface area contributed by atoms with Crippen LogP contribution in [0.5, 0.6) is 0 Å². The summed E-state index contributed by atoms with van der Waals surface area (Å²) in [7, 11) is 3.99. The van der Waals surface area contributed by atoms with E-state index >= 15 is 0 Å². The van der Waals surface area contributed by atoms with Gasteiger partial charge in [0.25, 0.3) is 0 Å². The minimum atomic E-state index is 0. The van der Waals surface area contributed by atoms with Crippen molar-refractivity contribution >= 4 is 21.6 Å². The van der Waals surface area contributed by atoms with Gasteiger partial charge in [0.2, 0.25) is 0 Å². The van der Waals surface area contributed by atoms with Crippen LogP contribution in [-0.2, 0) is 0 Å². The number of hydrogen-bond donors (Lipinski definition) is 0. The summed E-state index contributed by atoms with van der Waals surface area (Å²) in [5, 5.41) is 0. The molecule has 0 saturated heterocycles. The minimum absolute atomic E-state index is 0. The van der Waals surface area contributed by atoms with Crippen LogP contribution in [-0.4, -0.2) is 11.5 Å². The molecule has 52 valence electrons. The Balaban J connectivity index is -0.000000245. The van der Waals surface area contributed by atoms with E-state index in [1.165, 1.54) is 24.3 Å². The smallest absolute Gasteiger partial charge is 1.00 e. The van der Waals surface area contributed by atoms with Crippen molar-refractivity contribution in [3.63, 3.8) is 0 Å². The van der Waals surface area contributed by atoms with Gasteiger partial charge in [0.15, 0.2) is 0 Å². The Kier molecular flexibility index (Phi) is 18.3. The molecule has 0 aliphatic rings. The van der Waals surface area contributed by atoms with Gasteiger partial charge < -0.3 is 1.43 Å². The summed E-state index contributed by atoms with van der Waals surface area (Å²) in [6.07, 6.45) is 2.61. The molecule has 0 aromatic heterocycles. The topological polar surface area (TPSA) is 0 Å². The van der Waals surface area contributed by atoms with Gasteiger partial charge in [-0.1, -0.05) is 35.4 Å². The molecule has 0 rings (SSSR count). The van der Waals surface area contributed by atoms with E-state index in [1.807, 2.05) is 21.6 Å². The molecular weight excluding hydrogens is 159 g/mol. The molecule has 0 fully saturated rings. The summed E-state index contributed by atoms with van der Waals surface area (Å²) in [6, 6.07) is 0. The molecule has 0 aliphatic carbocycles. The predicted molar refractivity (Wildman–Crippen MR) is 46.6 cm³/mol. The zero-order chi connectivity index (χ0) is 6.24. The Labute approximate surface area is 90.1 Å². The average Bonchev–Trinajstić information content (AvgIpc) is 1.81. The van der Waals surface area contributed by atoms with Gasteiger partial charge in [-0.15, -0.1) is 0 Å². The molecule has 0 N–H and O–H groups in total. The second-order valence-corrected chi connectivity index (χ2v) is 4.35. The third-order valence-corrected chi connectivity index (χ3v) is 3.47. The first-order valence-corrected chi connectivity index (χ1v) is 5.65. The maximum Gasteiger partial charge on any atom is 1.00 e. The zero-order valence-corrected chi connectivity index (χ0v) is 10.3. The van der Waals surface area contributed by atoms with Crippen LogP contribution in [0.2, 0.25) is 0 Å². The quantitative estimate of drug-likeness (QED) is 0.334. The number of hydrogen-bond acceptors (Lipinski definition) is 2. The van der Waals surface area contributed by atoms with E-state index in [-0.39, 0.29) is 31.0 Å². The Bertz CT molecular complexity index is 40.7. The van der Waals surface area contributed by atoms with Gasteiger partial charge in [0.1, 0.15) is 0 Å². The molecule has 0 heterocycles. The van der Waals surface area contributed by atoms with E-state index in [4.69, 9.17) is 0 Å². The van der Waals surface area contributed by atoms with Gasteiger partial charge in [-0.05, 0) is 12.8 Å². The summed E-state index contributed by atoms with van der Waals surface area (Å²) in [6.45, 7) is 4.44. The summed E-state index contributed by atoms with van der Waals surface area (Å²) >= 11 is 0. The third-order valence-electron chi connectivity index (χ3n) is 0.658. The first-order chi connectivity index (χ1) is 3.91.